The van der Waals surface area contributed by atoms with Gasteiger partial charge in [-0.2, -0.15) is 0 Å². The molecule has 0 fully saturated rings. The van der Waals surface area contributed by atoms with E-state index in [0.29, 0.717) is 5.69 Å². The first-order valence-corrected chi connectivity index (χ1v) is 6.30. The molecule has 0 aliphatic carbocycles. The third kappa shape index (κ3) is 3.20. The molecule has 0 aliphatic heterocycles. The van der Waals surface area contributed by atoms with Gasteiger partial charge in [0.05, 0.1) is 0 Å². The average molecular weight is 329 g/mol. The minimum absolute atomic E-state index is 0.0643. The summed E-state index contributed by atoms with van der Waals surface area (Å²) >= 11 is 3.26. The molecule has 1 heterocycles. The molecular formula is C13H11BrF2N2O. The van der Waals surface area contributed by atoms with E-state index >= 15 is 0 Å². The van der Waals surface area contributed by atoms with Gasteiger partial charge in [0.2, 0.25) is 0 Å². The van der Waals surface area contributed by atoms with Crippen LogP contribution in [-0.4, -0.2) is 10.5 Å². The maximum Gasteiger partial charge on any atom is 0.268 e. The van der Waals surface area contributed by atoms with E-state index in [1.165, 1.54) is 0 Å². The van der Waals surface area contributed by atoms with Crippen molar-refractivity contribution in [2.24, 2.45) is 7.05 Å². The molecule has 2 aromatic rings. The minimum Gasteiger partial charge on any atom is -0.347 e. The van der Waals surface area contributed by atoms with Crippen molar-refractivity contribution in [3.63, 3.8) is 0 Å². The summed E-state index contributed by atoms with van der Waals surface area (Å²) in [6.07, 6.45) is 1.73. The lowest BCUT2D eigenvalue weighted by molar-refractivity contribution is 0.0942. The van der Waals surface area contributed by atoms with Gasteiger partial charge in [-0.25, -0.2) is 8.78 Å². The zero-order chi connectivity index (χ0) is 14.0. The number of aryl methyl sites for hydroxylation is 1. The van der Waals surface area contributed by atoms with Crippen LogP contribution in [0.25, 0.3) is 0 Å². The summed E-state index contributed by atoms with van der Waals surface area (Å²) in [7, 11) is 1.72. The molecule has 1 aromatic heterocycles. The average Bonchev–Trinajstić information content (AvgIpc) is 2.69. The fourth-order valence-corrected chi connectivity index (χ4v) is 2.22. The highest BCUT2D eigenvalue weighted by molar-refractivity contribution is 9.10. The SMILES string of the molecule is Cn1cc(Br)cc1C(=O)NCc1cc(F)ccc1F. The number of aromatic nitrogens is 1. The molecule has 0 aliphatic rings. The standard InChI is InChI=1S/C13H11BrF2N2O/c1-18-7-9(14)5-12(18)13(19)17-6-8-4-10(15)2-3-11(8)16/h2-5,7H,6H2,1H3,(H,17,19). The van der Waals surface area contributed by atoms with E-state index in [-0.39, 0.29) is 18.0 Å². The van der Waals surface area contributed by atoms with Crippen molar-refractivity contribution in [3.8, 4) is 0 Å². The number of hydrogen-bond donors (Lipinski definition) is 1. The zero-order valence-electron chi connectivity index (χ0n) is 10.1. The summed E-state index contributed by atoms with van der Waals surface area (Å²) in [6.45, 7) is -0.0643. The number of amides is 1. The Labute approximate surface area is 117 Å². The molecule has 1 aromatic carbocycles. The maximum absolute atomic E-state index is 13.4. The number of rotatable bonds is 3. The molecule has 19 heavy (non-hydrogen) atoms. The molecule has 0 bridgehead atoms. The predicted octanol–water partition coefficient (Wildman–Crippen LogP) is 3.00. The fraction of sp³-hybridized carbons (Fsp3) is 0.154. The van der Waals surface area contributed by atoms with Crippen LogP contribution in [0.3, 0.4) is 0 Å². The van der Waals surface area contributed by atoms with Crippen LogP contribution in [0.4, 0.5) is 8.78 Å². The van der Waals surface area contributed by atoms with Crippen LogP contribution >= 0.6 is 15.9 Å². The topological polar surface area (TPSA) is 34.0 Å². The van der Waals surface area contributed by atoms with Crippen molar-refractivity contribution in [3.05, 3.63) is 57.8 Å². The predicted molar refractivity (Wildman–Crippen MR) is 70.6 cm³/mol. The van der Waals surface area contributed by atoms with Crippen molar-refractivity contribution < 1.29 is 13.6 Å². The van der Waals surface area contributed by atoms with Gasteiger partial charge in [0, 0.05) is 29.8 Å². The molecule has 6 heteroatoms. The van der Waals surface area contributed by atoms with Crippen LogP contribution in [0, 0.1) is 11.6 Å². The molecule has 0 unspecified atom stereocenters. The summed E-state index contributed by atoms with van der Waals surface area (Å²) < 4.78 is 28.8. The number of halogens is 3. The normalized spacial score (nSPS) is 10.5. The molecule has 0 spiro atoms. The maximum atomic E-state index is 13.4. The van der Waals surface area contributed by atoms with E-state index in [1.54, 1.807) is 23.9 Å². The van der Waals surface area contributed by atoms with Gasteiger partial charge in [0.25, 0.3) is 5.91 Å². The number of nitrogens with one attached hydrogen (secondary N) is 1. The molecule has 1 amide bonds. The Balaban J connectivity index is 2.08. The van der Waals surface area contributed by atoms with Crippen molar-refractivity contribution >= 4 is 21.8 Å². The Morgan fingerprint density at radius 3 is 2.74 bits per heavy atom. The van der Waals surface area contributed by atoms with Gasteiger partial charge in [-0.3, -0.25) is 4.79 Å². The lowest BCUT2D eigenvalue weighted by Crippen LogP contribution is -2.25. The molecule has 1 N–H and O–H groups in total. The van der Waals surface area contributed by atoms with E-state index in [9.17, 15) is 13.6 Å². The van der Waals surface area contributed by atoms with Crippen molar-refractivity contribution in [2.45, 2.75) is 6.54 Å². The summed E-state index contributed by atoms with van der Waals surface area (Å²) in [6, 6.07) is 4.79. The van der Waals surface area contributed by atoms with Crippen LogP contribution in [0.2, 0.25) is 0 Å². The Bertz CT molecular complexity index is 625. The second-order valence-electron chi connectivity index (χ2n) is 4.07. The van der Waals surface area contributed by atoms with Gasteiger partial charge >= 0.3 is 0 Å². The lowest BCUT2D eigenvalue weighted by atomic mass is 10.2. The highest BCUT2D eigenvalue weighted by Gasteiger charge is 2.12. The third-order valence-electron chi connectivity index (χ3n) is 2.65. The van der Waals surface area contributed by atoms with Crippen LogP contribution in [-0.2, 0) is 13.6 Å². The Morgan fingerprint density at radius 2 is 2.11 bits per heavy atom. The smallest absolute Gasteiger partial charge is 0.268 e. The minimum atomic E-state index is -0.547. The zero-order valence-corrected chi connectivity index (χ0v) is 11.7. The highest BCUT2D eigenvalue weighted by atomic mass is 79.9. The summed E-state index contributed by atoms with van der Waals surface area (Å²) in [5, 5.41) is 2.55. The van der Waals surface area contributed by atoms with Gasteiger partial charge in [-0.05, 0) is 40.2 Å². The summed E-state index contributed by atoms with van der Waals surface area (Å²) in [4.78, 5) is 11.9. The molecular weight excluding hydrogens is 318 g/mol. The Hall–Kier alpha value is -1.69. The van der Waals surface area contributed by atoms with E-state index in [1.807, 2.05) is 0 Å². The third-order valence-corrected chi connectivity index (χ3v) is 3.09. The van der Waals surface area contributed by atoms with Crippen LogP contribution in [0.5, 0.6) is 0 Å². The van der Waals surface area contributed by atoms with Crippen LogP contribution in [0.1, 0.15) is 16.1 Å². The Kier molecular flexibility index (Phi) is 3.99. The van der Waals surface area contributed by atoms with Crippen LogP contribution < -0.4 is 5.32 Å². The first kappa shape index (κ1) is 13.7. The van der Waals surface area contributed by atoms with Gasteiger partial charge in [0.1, 0.15) is 17.3 Å². The van der Waals surface area contributed by atoms with Gasteiger partial charge < -0.3 is 9.88 Å². The molecule has 0 saturated carbocycles. The van der Waals surface area contributed by atoms with Gasteiger partial charge in [-0.15, -0.1) is 0 Å². The van der Waals surface area contributed by atoms with E-state index in [0.717, 1.165) is 22.7 Å². The van der Waals surface area contributed by atoms with Gasteiger partial charge in [0.15, 0.2) is 0 Å². The molecule has 0 radical (unpaired) electrons. The van der Waals surface area contributed by atoms with E-state index < -0.39 is 11.6 Å². The Morgan fingerprint density at radius 1 is 1.37 bits per heavy atom. The number of nitrogens with zero attached hydrogens (tertiary/aromatic N) is 1. The first-order chi connectivity index (χ1) is 8.97. The number of benzene rings is 1. The van der Waals surface area contributed by atoms with Crippen molar-refractivity contribution in [1.82, 2.24) is 9.88 Å². The van der Waals surface area contributed by atoms with Gasteiger partial charge in [-0.1, -0.05) is 0 Å². The van der Waals surface area contributed by atoms with Crippen molar-refractivity contribution in [2.75, 3.05) is 0 Å². The monoisotopic (exact) mass is 328 g/mol. The quantitative estimate of drug-likeness (QED) is 0.923. The molecule has 2 rings (SSSR count). The number of carbonyl (C=O) groups is 1. The summed E-state index contributed by atoms with van der Waals surface area (Å²) in [5.41, 5.74) is 0.547. The second kappa shape index (κ2) is 5.52. The second-order valence-corrected chi connectivity index (χ2v) is 4.99. The number of hydrogen-bond acceptors (Lipinski definition) is 1. The number of carbonyl (C=O) groups excluding carboxylic acids is 1. The molecule has 0 atom stereocenters. The molecule has 0 saturated heterocycles. The summed E-state index contributed by atoms with van der Waals surface area (Å²) in [5.74, 6) is -1.43. The first-order valence-electron chi connectivity index (χ1n) is 5.51. The van der Waals surface area contributed by atoms with Crippen LogP contribution in [0.15, 0.2) is 34.9 Å². The van der Waals surface area contributed by atoms with E-state index in [2.05, 4.69) is 21.2 Å². The fourth-order valence-electron chi connectivity index (χ4n) is 1.69. The van der Waals surface area contributed by atoms with E-state index in [4.69, 9.17) is 0 Å². The highest BCUT2D eigenvalue weighted by Crippen LogP contribution is 2.14. The van der Waals surface area contributed by atoms with Crippen molar-refractivity contribution in [1.29, 1.82) is 0 Å². The lowest BCUT2D eigenvalue weighted by Gasteiger charge is -2.07. The molecule has 3 nitrogen and oxygen atoms in total. The molecule has 100 valence electrons. The largest absolute Gasteiger partial charge is 0.347 e.